The molecule has 0 aliphatic carbocycles. The van der Waals surface area contributed by atoms with E-state index < -0.39 is 5.91 Å². The molecule has 0 bridgehead atoms. The molecule has 0 atom stereocenters. The lowest BCUT2D eigenvalue weighted by molar-refractivity contribution is -0.129. The Morgan fingerprint density at radius 1 is 0.971 bits per heavy atom. The van der Waals surface area contributed by atoms with Gasteiger partial charge in [-0.25, -0.2) is 5.48 Å². The second-order valence-electron chi connectivity index (χ2n) is 8.51. The van der Waals surface area contributed by atoms with Crippen LogP contribution in [0.3, 0.4) is 0 Å². The molecule has 3 N–H and O–H groups in total. The van der Waals surface area contributed by atoms with Crippen LogP contribution >= 0.6 is 0 Å². The van der Waals surface area contributed by atoms with E-state index in [1.54, 1.807) is 11.5 Å². The fourth-order valence-corrected chi connectivity index (χ4v) is 3.52. The zero-order valence-corrected chi connectivity index (χ0v) is 20.1. The molecule has 2 aromatic carbocycles. The Morgan fingerprint density at radius 3 is 2.40 bits per heavy atom. The lowest BCUT2D eigenvalue weighted by atomic mass is 10.1. The Labute approximate surface area is 203 Å². The van der Waals surface area contributed by atoms with Crippen LogP contribution in [0.1, 0.15) is 32.1 Å². The van der Waals surface area contributed by atoms with Gasteiger partial charge < -0.3 is 23.9 Å². The van der Waals surface area contributed by atoms with Gasteiger partial charge in [-0.15, -0.1) is 0 Å². The van der Waals surface area contributed by atoms with E-state index in [1.807, 2.05) is 43.3 Å². The number of hydrogen-bond acceptors (Lipinski definition) is 8. The molecule has 0 saturated heterocycles. The first kappa shape index (κ1) is 26.1. The number of hydrogen-bond donors (Lipinski definition) is 3. The van der Waals surface area contributed by atoms with Gasteiger partial charge in [-0.2, -0.15) is 0 Å². The van der Waals surface area contributed by atoms with Crippen LogP contribution in [0.4, 0.5) is 0 Å². The summed E-state index contributed by atoms with van der Waals surface area (Å²) >= 11 is 0. The van der Waals surface area contributed by atoms with E-state index in [-0.39, 0.29) is 28.6 Å². The molecule has 0 saturated carbocycles. The number of carbonyl (C=O) groups is 1. The molecule has 3 rings (SSSR count). The van der Waals surface area contributed by atoms with Gasteiger partial charge in [-0.1, -0.05) is 12.8 Å². The van der Waals surface area contributed by atoms with Gasteiger partial charge in [0.15, 0.2) is 5.43 Å². The average Bonchev–Trinajstić information content (AvgIpc) is 2.83. The van der Waals surface area contributed by atoms with Crippen molar-refractivity contribution in [3.63, 3.8) is 0 Å². The molecule has 0 spiro atoms. The van der Waals surface area contributed by atoms with Crippen molar-refractivity contribution in [3.8, 4) is 28.6 Å². The number of nitrogens with zero attached hydrogens (tertiary/aromatic N) is 1. The number of unbranched alkanes of at least 4 members (excludes halogenated alkanes) is 3. The quantitative estimate of drug-likeness (QED) is 0.189. The van der Waals surface area contributed by atoms with Crippen LogP contribution < -0.4 is 20.4 Å². The van der Waals surface area contributed by atoms with Crippen molar-refractivity contribution in [2.45, 2.75) is 32.1 Å². The largest absolute Gasteiger partial charge is 0.507 e. The molecule has 9 heteroatoms. The monoisotopic (exact) mass is 484 g/mol. The average molecular weight is 485 g/mol. The highest BCUT2D eigenvalue weighted by Gasteiger charge is 2.13. The number of fused-ring (bicyclic) bond motifs is 1. The second kappa shape index (κ2) is 12.8. The van der Waals surface area contributed by atoms with Crippen LogP contribution in [0.25, 0.3) is 22.3 Å². The number of phenolic OH excluding ortho intramolecular Hbond substituents is 1. The van der Waals surface area contributed by atoms with E-state index in [0.717, 1.165) is 31.6 Å². The highest BCUT2D eigenvalue weighted by atomic mass is 16.5. The molecule has 0 unspecified atom stereocenters. The van der Waals surface area contributed by atoms with Gasteiger partial charge in [-0.3, -0.25) is 14.8 Å². The van der Waals surface area contributed by atoms with Crippen LogP contribution in [-0.2, 0) is 4.79 Å². The molecule has 1 amide bonds. The summed E-state index contributed by atoms with van der Waals surface area (Å²) < 4.78 is 17.4. The minimum atomic E-state index is -0.391. The number of ether oxygens (including phenoxy) is 2. The van der Waals surface area contributed by atoms with Gasteiger partial charge in [0.1, 0.15) is 40.6 Å². The predicted molar refractivity (Wildman–Crippen MR) is 132 cm³/mol. The summed E-state index contributed by atoms with van der Waals surface area (Å²) in [6, 6.07) is 11.7. The fourth-order valence-electron chi connectivity index (χ4n) is 3.52. The Morgan fingerprint density at radius 2 is 1.69 bits per heavy atom. The fraction of sp³-hybridized carbons (Fsp3) is 0.385. The topological polar surface area (TPSA) is 121 Å². The standard InChI is InChI=1S/C26H32N2O7/c1-28(2)12-14-34-19-10-8-18(9-11-19)23-17-22(30)26-21(29)15-20(16-24(26)35-23)33-13-6-4-3-5-7-25(31)27-32/h8-11,15-17,29,32H,3-7,12-14H2,1-2H3,(H,27,31). The number of benzene rings is 2. The number of rotatable bonds is 13. The van der Waals surface area contributed by atoms with Gasteiger partial charge in [0.2, 0.25) is 5.91 Å². The zero-order valence-electron chi connectivity index (χ0n) is 20.1. The third-order valence-electron chi connectivity index (χ3n) is 5.42. The minimum absolute atomic E-state index is 0.104. The summed E-state index contributed by atoms with van der Waals surface area (Å²) in [5, 5.41) is 19.0. The SMILES string of the molecule is CN(C)CCOc1ccc(-c2cc(=O)c3c(O)cc(OCCCCCCC(=O)NO)cc3o2)cc1. The van der Waals surface area contributed by atoms with Crippen LogP contribution in [0, 0.1) is 0 Å². The van der Waals surface area contributed by atoms with Crippen molar-refractivity contribution in [2.24, 2.45) is 0 Å². The van der Waals surface area contributed by atoms with Gasteiger partial charge in [0.25, 0.3) is 0 Å². The summed E-state index contributed by atoms with van der Waals surface area (Å²) in [4.78, 5) is 25.7. The van der Waals surface area contributed by atoms with Crippen LogP contribution in [0.5, 0.6) is 17.2 Å². The Bertz CT molecular complexity index is 1170. The third-order valence-corrected chi connectivity index (χ3v) is 5.42. The molecule has 1 aromatic heterocycles. The first-order chi connectivity index (χ1) is 16.9. The number of hydroxylamine groups is 1. The summed E-state index contributed by atoms with van der Waals surface area (Å²) in [6.07, 6.45) is 3.40. The number of phenols is 1. The maximum absolute atomic E-state index is 12.7. The Kier molecular flexibility index (Phi) is 9.51. The summed E-state index contributed by atoms with van der Waals surface area (Å²) in [5.74, 6) is 0.921. The van der Waals surface area contributed by atoms with E-state index in [9.17, 15) is 14.7 Å². The molecule has 1 heterocycles. The second-order valence-corrected chi connectivity index (χ2v) is 8.51. The highest BCUT2D eigenvalue weighted by molar-refractivity contribution is 5.86. The molecule has 0 radical (unpaired) electrons. The summed E-state index contributed by atoms with van der Waals surface area (Å²) in [7, 11) is 3.96. The molecule has 3 aromatic rings. The lowest BCUT2D eigenvalue weighted by Gasteiger charge is -2.11. The van der Waals surface area contributed by atoms with Gasteiger partial charge in [0.05, 0.1) is 6.61 Å². The maximum atomic E-state index is 12.7. The van der Waals surface area contributed by atoms with E-state index in [4.69, 9.17) is 19.1 Å². The van der Waals surface area contributed by atoms with Crippen LogP contribution in [-0.4, -0.2) is 55.0 Å². The van der Waals surface area contributed by atoms with Crippen molar-refractivity contribution in [3.05, 3.63) is 52.7 Å². The third kappa shape index (κ3) is 7.73. The van der Waals surface area contributed by atoms with Gasteiger partial charge in [-0.05, 0) is 51.2 Å². The minimum Gasteiger partial charge on any atom is -0.507 e. The lowest BCUT2D eigenvalue weighted by Crippen LogP contribution is -2.19. The predicted octanol–water partition coefficient (Wildman–Crippen LogP) is 3.94. The van der Waals surface area contributed by atoms with E-state index in [0.29, 0.717) is 36.7 Å². The number of likely N-dealkylation sites (N-methyl/N-ethyl adjacent to an activating group) is 1. The first-order valence-corrected chi connectivity index (χ1v) is 11.6. The van der Waals surface area contributed by atoms with Gasteiger partial charge >= 0.3 is 0 Å². The van der Waals surface area contributed by atoms with Crippen molar-refractivity contribution >= 4 is 16.9 Å². The summed E-state index contributed by atoms with van der Waals surface area (Å²) in [6.45, 7) is 1.79. The zero-order chi connectivity index (χ0) is 25.2. The molecule has 0 aliphatic heterocycles. The molecule has 0 fully saturated rings. The van der Waals surface area contributed by atoms with Crippen LogP contribution in [0.2, 0.25) is 0 Å². The highest BCUT2D eigenvalue weighted by Crippen LogP contribution is 2.31. The molecule has 35 heavy (non-hydrogen) atoms. The van der Waals surface area contributed by atoms with Crippen molar-refractivity contribution in [1.29, 1.82) is 0 Å². The number of aromatic hydroxyl groups is 1. The molecule has 0 aliphatic rings. The van der Waals surface area contributed by atoms with Gasteiger partial charge in [0, 0.05) is 36.7 Å². The normalized spacial score (nSPS) is 11.1. The smallest absolute Gasteiger partial charge is 0.243 e. The molecule has 9 nitrogen and oxygen atoms in total. The molecule has 188 valence electrons. The van der Waals surface area contributed by atoms with Crippen molar-refractivity contribution in [1.82, 2.24) is 10.4 Å². The number of amides is 1. The maximum Gasteiger partial charge on any atom is 0.243 e. The van der Waals surface area contributed by atoms with E-state index in [2.05, 4.69) is 0 Å². The Balaban J connectivity index is 1.64. The number of carbonyl (C=O) groups excluding carboxylic acids is 1. The van der Waals surface area contributed by atoms with Crippen molar-refractivity contribution < 1.29 is 29.0 Å². The van der Waals surface area contributed by atoms with Crippen LogP contribution in [0.15, 0.2) is 51.7 Å². The van der Waals surface area contributed by atoms with Crippen molar-refractivity contribution in [2.75, 3.05) is 33.9 Å². The molecular weight excluding hydrogens is 452 g/mol. The molecular formula is C26H32N2O7. The van der Waals surface area contributed by atoms with E-state index >= 15 is 0 Å². The van der Waals surface area contributed by atoms with E-state index in [1.165, 1.54) is 12.1 Å². The first-order valence-electron chi connectivity index (χ1n) is 11.6. The number of nitrogens with one attached hydrogen (secondary N) is 1. The Hall–Kier alpha value is -3.56. The summed E-state index contributed by atoms with van der Waals surface area (Å²) in [5.41, 5.74) is 2.22.